The molecule has 0 aromatic rings. The summed E-state index contributed by atoms with van der Waals surface area (Å²) in [5.41, 5.74) is 0. The van der Waals surface area contributed by atoms with Gasteiger partial charge in [-0.2, -0.15) is 0 Å². The Balaban J connectivity index is 3.71. The van der Waals surface area contributed by atoms with Gasteiger partial charge < -0.3 is 0 Å². The first kappa shape index (κ1) is 20.3. The Morgan fingerprint density at radius 3 is 2.00 bits per heavy atom. The van der Waals surface area contributed by atoms with Crippen LogP contribution in [-0.4, -0.2) is 16.4 Å². The van der Waals surface area contributed by atoms with Gasteiger partial charge in [-0.15, -0.1) is 0 Å². The van der Waals surface area contributed by atoms with Gasteiger partial charge in [-0.05, 0) is 0 Å². The summed E-state index contributed by atoms with van der Waals surface area (Å²) in [7, 11) is 0. The van der Waals surface area contributed by atoms with E-state index in [4.69, 9.17) is 0 Å². The van der Waals surface area contributed by atoms with E-state index in [2.05, 4.69) is 53.0 Å². The van der Waals surface area contributed by atoms with Crippen molar-refractivity contribution < 1.29 is 34.9 Å². The van der Waals surface area contributed by atoms with Crippen molar-refractivity contribution in [3.05, 3.63) is 0 Å². The van der Waals surface area contributed by atoms with Crippen molar-refractivity contribution in [3.63, 3.8) is 0 Å². The first-order valence-electron chi connectivity index (χ1n) is 7.74. The monoisotopic (exact) mass is 340 g/mol. The molecule has 5 heteroatoms. The molecule has 0 aliphatic rings. The van der Waals surface area contributed by atoms with E-state index in [-0.39, 0.29) is 6.42 Å². The summed E-state index contributed by atoms with van der Waals surface area (Å²) in [4.78, 5) is 32.0. The van der Waals surface area contributed by atoms with Gasteiger partial charge in [0.05, 0.1) is 0 Å². The molecule has 0 atom stereocenters. The summed E-state index contributed by atoms with van der Waals surface area (Å²) in [6, 6.07) is 0. The normalized spacial score (nSPS) is 10.8. The van der Waals surface area contributed by atoms with Crippen molar-refractivity contribution >= 4 is 16.4 Å². The summed E-state index contributed by atoms with van der Waals surface area (Å²) in [5, 5.41) is 0. The quantitative estimate of drug-likeness (QED) is 0.263. The molecule has 0 unspecified atom stereocenters. The van der Waals surface area contributed by atoms with Crippen LogP contribution in [0.15, 0.2) is 0 Å². The van der Waals surface area contributed by atoms with Gasteiger partial charge in [0, 0.05) is 0 Å². The zero-order valence-electron chi connectivity index (χ0n) is 13.6. The molecular weight excluding hydrogens is 312 g/mol. The maximum absolute atomic E-state index is 11.5. The molecule has 0 saturated carbocycles. The van der Waals surface area contributed by atoms with Crippen LogP contribution in [0.5, 0.6) is 0 Å². The fourth-order valence-electron chi connectivity index (χ4n) is 1.76. The molecule has 0 amide bonds. The molecular formula is C16H28FeO4+. The third-order valence-corrected chi connectivity index (χ3v) is 3.51. The van der Waals surface area contributed by atoms with Crippen molar-refractivity contribution in [2.24, 2.45) is 11.8 Å². The molecule has 0 saturated heterocycles. The molecule has 0 heterocycles. The van der Waals surface area contributed by atoms with E-state index in [1.165, 1.54) is 0 Å². The van der Waals surface area contributed by atoms with Crippen LogP contribution in [-0.2, 0) is 34.9 Å². The Hall–Kier alpha value is -0.671. The second kappa shape index (κ2) is 11.9. The van der Waals surface area contributed by atoms with Crippen molar-refractivity contribution in [2.45, 2.75) is 72.6 Å². The molecule has 0 aliphatic heterocycles. The van der Waals surface area contributed by atoms with Gasteiger partial charge in [-0.3, -0.25) is 0 Å². The SMILES string of the molecule is CC(C)CCCCC(=O)OOC(=O)[C](=[Fe+])CCCC(C)C. The number of carbonyl (C=O) groups excluding carboxylic acids is 2. The van der Waals surface area contributed by atoms with E-state index in [0.29, 0.717) is 22.7 Å². The molecule has 0 aromatic heterocycles. The van der Waals surface area contributed by atoms with Crippen LogP contribution in [0.2, 0.25) is 0 Å². The Bertz CT molecular complexity index is 337. The Labute approximate surface area is 136 Å². The second-order valence-electron chi connectivity index (χ2n) is 6.14. The van der Waals surface area contributed by atoms with Crippen molar-refractivity contribution in [1.29, 1.82) is 0 Å². The molecule has 4 nitrogen and oxygen atoms in total. The standard InChI is InChI=1S/C16H28O4.Fe/c1-13(2)9-5-7-11-15(17)19-20-16(18)12-8-6-10-14(3)4;/h13-14H,5-11H2,1-4H3;/q;+1. The first-order valence-corrected chi connectivity index (χ1v) is 8.30. The van der Waals surface area contributed by atoms with E-state index < -0.39 is 11.9 Å². The molecule has 0 spiro atoms. The Morgan fingerprint density at radius 2 is 1.43 bits per heavy atom. The summed E-state index contributed by atoms with van der Waals surface area (Å²) >= 11 is 3.66. The second-order valence-corrected chi connectivity index (χ2v) is 6.81. The Morgan fingerprint density at radius 1 is 0.857 bits per heavy atom. The predicted molar refractivity (Wildman–Crippen MR) is 79.2 cm³/mol. The van der Waals surface area contributed by atoms with E-state index in [1.54, 1.807) is 0 Å². The first-order chi connectivity index (χ1) is 9.82. The van der Waals surface area contributed by atoms with E-state index >= 15 is 0 Å². The number of unbranched alkanes of at least 4 members (excludes halogenated alkanes) is 1. The van der Waals surface area contributed by atoms with E-state index in [9.17, 15) is 9.59 Å². The molecule has 123 valence electrons. The van der Waals surface area contributed by atoms with E-state index in [0.717, 1.165) is 32.1 Å². The topological polar surface area (TPSA) is 52.6 Å². The number of carbonyl (C=O) groups is 2. The summed E-state index contributed by atoms with van der Waals surface area (Å²) < 4.78 is 0.350. The maximum atomic E-state index is 11.5. The minimum atomic E-state index is -0.644. The summed E-state index contributed by atoms with van der Waals surface area (Å²) in [5.74, 6) is 0.0851. The fraction of sp³-hybridized carbons (Fsp3) is 0.812. The van der Waals surface area contributed by atoms with Gasteiger partial charge >= 0.3 is 136 Å². The molecule has 0 rings (SSSR count). The van der Waals surface area contributed by atoms with Gasteiger partial charge in [0.2, 0.25) is 0 Å². The van der Waals surface area contributed by atoms with Crippen LogP contribution >= 0.6 is 0 Å². The van der Waals surface area contributed by atoms with Crippen molar-refractivity contribution in [1.82, 2.24) is 0 Å². The molecule has 21 heavy (non-hydrogen) atoms. The van der Waals surface area contributed by atoms with Crippen LogP contribution in [0.1, 0.15) is 72.6 Å². The van der Waals surface area contributed by atoms with Crippen LogP contribution in [0.3, 0.4) is 0 Å². The van der Waals surface area contributed by atoms with Gasteiger partial charge in [0.25, 0.3) is 0 Å². The zero-order valence-corrected chi connectivity index (χ0v) is 14.7. The van der Waals surface area contributed by atoms with Gasteiger partial charge in [0.1, 0.15) is 0 Å². The number of hydrogen-bond donors (Lipinski definition) is 0. The average molecular weight is 340 g/mol. The number of rotatable bonds is 10. The third kappa shape index (κ3) is 12.8. The molecule has 0 N–H and O–H groups in total. The molecule has 0 aromatic carbocycles. The Kier molecular flexibility index (Phi) is 11.6. The number of hydrogen-bond acceptors (Lipinski definition) is 4. The molecule has 0 radical (unpaired) electrons. The van der Waals surface area contributed by atoms with Crippen LogP contribution < -0.4 is 0 Å². The van der Waals surface area contributed by atoms with Crippen LogP contribution in [0.25, 0.3) is 0 Å². The summed E-state index contributed by atoms with van der Waals surface area (Å²) in [6.45, 7) is 8.54. The predicted octanol–water partition coefficient (Wildman–Crippen LogP) is 3.75. The van der Waals surface area contributed by atoms with Crippen LogP contribution in [0.4, 0.5) is 0 Å². The van der Waals surface area contributed by atoms with Crippen LogP contribution in [0, 0.1) is 11.8 Å². The zero-order chi connectivity index (χ0) is 16.3. The van der Waals surface area contributed by atoms with E-state index in [1.807, 2.05) is 0 Å². The minimum absolute atomic E-state index is 0.278. The summed E-state index contributed by atoms with van der Waals surface area (Å²) in [6.07, 6.45) is 5.58. The van der Waals surface area contributed by atoms with Crippen molar-refractivity contribution in [2.75, 3.05) is 0 Å². The molecule has 0 bridgehead atoms. The molecule has 0 fully saturated rings. The van der Waals surface area contributed by atoms with Crippen molar-refractivity contribution in [3.8, 4) is 0 Å². The van der Waals surface area contributed by atoms with Gasteiger partial charge in [-0.1, -0.05) is 0 Å². The third-order valence-electron chi connectivity index (χ3n) is 3.01. The van der Waals surface area contributed by atoms with Gasteiger partial charge in [-0.25, -0.2) is 0 Å². The average Bonchev–Trinajstić information content (AvgIpc) is 2.40. The molecule has 0 aliphatic carbocycles. The van der Waals surface area contributed by atoms with Gasteiger partial charge in [0.15, 0.2) is 0 Å². The fourth-order valence-corrected chi connectivity index (χ4v) is 2.00.